The van der Waals surface area contributed by atoms with Gasteiger partial charge in [0.1, 0.15) is 6.33 Å². The number of ether oxygens (including phenoxy) is 1. The number of para-hydroxylation sites is 2. The van der Waals surface area contributed by atoms with E-state index in [1.54, 1.807) is 35.2 Å². The molecule has 1 heterocycles. The number of carbonyl (C=O) groups is 2. The fourth-order valence-electron chi connectivity index (χ4n) is 2.28. The number of benzene rings is 2. The van der Waals surface area contributed by atoms with E-state index in [-0.39, 0.29) is 11.7 Å². The van der Waals surface area contributed by atoms with Crippen molar-refractivity contribution >= 4 is 29.3 Å². The zero-order chi connectivity index (χ0) is 18.4. The molecule has 0 fully saturated rings. The number of carbonyl (C=O) groups excluding carboxylic acids is 2. The average Bonchev–Trinajstić information content (AvgIpc) is 3.15. The molecule has 0 saturated heterocycles. The van der Waals surface area contributed by atoms with E-state index in [0.29, 0.717) is 16.4 Å². The van der Waals surface area contributed by atoms with Crippen LogP contribution in [0, 0.1) is 0 Å². The highest BCUT2D eigenvalue weighted by atomic mass is 32.2. The van der Waals surface area contributed by atoms with Crippen molar-refractivity contribution in [3.8, 4) is 5.69 Å². The summed E-state index contributed by atoms with van der Waals surface area (Å²) in [7, 11) is 1.30. The number of thioether (sulfide) groups is 1. The zero-order valence-corrected chi connectivity index (χ0v) is 14.8. The molecule has 0 aliphatic rings. The molecule has 3 rings (SSSR count). The Morgan fingerprint density at radius 1 is 1.12 bits per heavy atom. The third-order valence-corrected chi connectivity index (χ3v) is 4.43. The molecule has 2 aromatic carbocycles. The summed E-state index contributed by atoms with van der Waals surface area (Å²) < 4.78 is 6.53. The van der Waals surface area contributed by atoms with E-state index in [4.69, 9.17) is 4.74 Å². The largest absolute Gasteiger partial charge is 0.465 e. The molecule has 0 radical (unpaired) electrons. The van der Waals surface area contributed by atoms with Crippen LogP contribution in [0.1, 0.15) is 10.4 Å². The summed E-state index contributed by atoms with van der Waals surface area (Å²) >= 11 is 1.26. The highest BCUT2D eigenvalue weighted by Crippen LogP contribution is 2.21. The number of amides is 1. The van der Waals surface area contributed by atoms with Gasteiger partial charge in [0.05, 0.1) is 24.1 Å². The Bertz CT molecular complexity index is 912. The van der Waals surface area contributed by atoms with Crippen LogP contribution in [-0.2, 0) is 9.53 Å². The number of hydrogen-bond donors (Lipinski definition) is 1. The van der Waals surface area contributed by atoms with Gasteiger partial charge in [-0.05, 0) is 24.3 Å². The monoisotopic (exact) mass is 368 g/mol. The van der Waals surface area contributed by atoms with Gasteiger partial charge in [-0.15, -0.1) is 10.2 Å². The minimum atomic E-state index is -0.502. The quantitative estimate of drug-likeness (QED) is 0.532. The molecule has 132 valence electrons. The van der Waals surface area contributed by atoms with Crippen LogP contribution < -0.4 is 5.32 Å². The number of nitrogens with one attached hydrogen (secondary N) is 1. The molecular weight excluding hydrogens is 352 g/mol. The molecule has 1 amide bonds. The molecule has 1 aromatic heterocycles. The highest BCUT2D eigenvalue weighted by molar-refractivity contribution is 7.99. The number of nitrogens with zero attached hydrogens (tertiary/aromatic N) is 3. The van der Waals surface area contributed by atoms with Gasteiger partial charge < -0.3 is 10.1 Å². The fourth-order valence-corrected chi connectivity index (χ4v) is 3.01. The number of anilines is 1. The molecule has 0 atom stereocenters. The normalized spacial score (nSPS) is 10.3. The predicted octanol–water partition coefficient (Wildman–Crippen LogP) is 2.78. The Kier molecular flexibility index (Phi) is 5.65. The molecule has 0 unspecified atom stereocenters. The van der Waals surface area contributed by atoms with Gasteiger partial charge >= 0.3 is 5.97 Å². The van der Waals surface area contributed by atoms with Crippen molar-refractivity contribution in [2.75, 3.05) is 18.2 Å². The summed E-state index contributed by atoms with van der Waals surface area (Å²) in [4.78, 5) is 24.0. The van der Waals surface area contributed by atoms with Crippen molar-refractivity contribution in [3.05, 3.63) is 66.5 Å². The second-order valence-corrected chi connectivity index (χ2v) is 6.14. The van der Waals surface area contributed by atoms with Crippen LogP contribution in [0.4, 0.5) is 5.69 Å². The number of aromatic nitrogens is 3. The third-order valence-electron chi connectivity index (χ3n) is 3.49. The number of rotatable bonds is 6. The van der Waals surface area contributed by atoms with Crippen LogP contribution in [0.2, 0.25) is 0 Å². The maximum absolute atomic E-state index is 12.3. The summed E-state index contributed by atoms with van der Waals surface area (Å²) in [6.07, 6.45) is 1.60. The van der Waals surface area contributed by atoms with E-state index < -0.39 is 5.97 Å². The van der Waals surface area contributed by atoms with Crippen molar-refractivity contribution in [2.45, 2.75) is 5.16 Å². The van der Waals surface area contributed by atoms with Crippen LogP contribution in [-0.4, -0.2) is 39.5 Å². The molecule has 0 spiro atoms. The molecule has 0 aliphatic heterocycles. The lowest BCUT2D eigenvalue weighted by molar-refractivity contribution is -0.113. The van der Waals surface area contributed by atoms with Gasteiger partial charge in [-0.1, -0.05) is 42.1 Å². The van der Waals surface area contributed by atoms with Gasteiger partial charge in [-0.2, -0.15) is 0 Å². The van der Waals surface area contributed by atoms with E-state index in [2.05, 4.69) is 15.5 Å². The molecule has 0 bridgehead atoms. The summed E-state index contributed by atoms with van der Waals surface area (Å²) in [6, 6.07) is 16.3. The Morgan fingerprint density at radius 3 is 2.62 bits per heavy atom. The van der Waals surface area contributed by atoms with Crippen molar-refractivity contribution < 1.29 is 14.3 Å². The minimum Gasteiger partial charge on any atom is -0.465 e. The van der Waals surface area contributed by atoms with E-state index in [1.165, 1.54) is 18.9 Å². The van der Waals surface area contributed by atoms with Gasteiger partial charge in [0.25, 0.3) is 0 Å². The lowest BCUT2D eigenvalue weighted by Crippen LogP contribution is -2.17. The first-order valence-corrected chi connectivity index (χ1v) is 8.73. The number of hydrogen-bond acceptors (Lipinski definition) is 6. The van der Waals surface area contributed by atoms with Gasteiger partial charge in [0, 0.05) is 5.69 Å². The minimum absolute atomic E-state index is 0.126. The average molecular weight is 368 g/mol. The first-order valence-electron chi connectivity index (χ1n) is 7.74. The second kappa shape index (κ2) is 8.30. The van der Waals surface area contributed by atoms with Crippen molar-refractivity contribution in [1.82, 2.24) is 14.8 Å². The fraction of sp³-hybridized carbons (Fsp3) is 0.111. The van der Waals surface area contributed by atoms with Crippen LogP contribution in [0.25, 0.3) is 5.69 Å². The second-order valence-electron chi connectivity index (χ2n) is 5.19. The van der Waals surface area contributed by atoms with Gasteiger partial charge in [0.2, 0.25) is 5.91 Å². The first kappa shape index (κ1) is 17.7. The van der Waals surface area contributed by atoms with Crippen molar-refractivity contribution in [3.63, 3.8) is 0 Å². The molecular formula is C18H16N4O3S. The topological polar surface area (TPSA) is 86.1 Å². The van der Waals surface area contributed by atoms with Gasteiger partial charge in [-0.25, -0.2) is 4.79 Å². The Hall–Kier alpha value is -3.13. The number of esters is 1. The molecule has 0 saturated carbocycles. The first-order chi connectivity index (χ1) is 12.7. The third kappa shape index (κ3) is 4.09. The van der Waals surface area contributed by atoms with Crippen LogP contribution in [0.15, 0.2) is 66.1 Å². The lowest BCUT2D eigenvalue weighted by atomic mass is 10.2. The number of methoxy groups -OCH3 is 1. The van der Waals surface area contributed by atoms with Gasteiger partial charge in [-0.3, -0.25) is 9.36 Å². The van der Waals surface area contributed by atoms with Crippen molar-refractivity contribution in [2.24, 2.45) is 0 Å². The van der Waals surface area contributed by atoms with Crippen LogP contribution in [0.5, 0.6) is 0 Å². The van der Waals surface area contributed by atoms with Crippen LogP contribution in [0.3, 0.4) is 0 Å². The highest BCUT2D eigenvalue weighted by Gasteiger charge is 2.14. The molecule has 1 N–H and O–H groups in total. The summed E-state index contributed by atoms with van der Waals surface area (Å²) in [5.74, 6) is -0.632. The lowest BCUT2D eigenvalue weighted by Gasteiger charge is -2.09. The van der Waals surface area contributed by atoms with E-state index >= 15 is 0 Å². The molecule has 0 aliphatic carbocycles. The standard InChI is InChI=1S/C18H16N4O3S/c1-25-17(24)14-9-5-6-10-15(14)20-16(23)11-26-18-21-19-12-22(18)13-7-3-2-4-8-13/h2-10,12H,11H2,1H3,(H,20,23). The Morgan fingerprint density at radius 2 is 1.85 bits per heavy atom. The van der Waals surface area contributed by atoms with E-state index in [9.17, 15) is 9.59 Å². The van der Waals surface area contributed by atoms with E-state index in [1.807, 2.05) is 30.3 Å². The predicted molar refractivity (Wildman–Crippen MR) is 98.5 cm³/mol. The summed E-state index contributed by atoms with van der Waals surface area (Å²) in [5.41, 5.74) is 1.63. The van der Waals surface area contributed by atoms with E-state index in [0.717, 1.165) is 5.69 Å². The maximum atomic E-state index is 12.3. The Labute approximate surface area is 154 Å². The maximum Gasteiger partial charge on any atom is 0.339 e. The molecule has 26 heavy (non-hydrogen) atoms. The SMILES string of the molecule is COC(=O)c1ccccc1NC(=O)CSc1nncn1-c1ccccc1. The molecule has 3 aromatic rings. The van der Waals surface area contributed by atoms with Crippen molar-refractivity contribution in [1.29, 1.82) is 0 Å². The summed E-state index contributed by atoms with van der Waals surface area (Å²) in [6.45, 7) is 0. The molecule has 8 heteroatoms. The zero-order valence-electron chi connectivity index (χ0n) is 14.0. The Balaban J connectivity index is 1.66. The smallest absolute Gasteiger partial charge is 0.339 e. The molecule has 7 nitrogen and oxygen atoms in total. The van der Waals surface area contributed by atoms with Crippen LogP contribution >= 0.6 is 11.8 Å². The summed E-state index contributed by atoms with van der Waals surface area (Å²) in [5, 5.41) is 11.3. The van der Waals surface area contributed by atoms with Gasteiger partial charge in [0.15, 0.2) is 5.16 Å².